The number of hydrogen-bond acceptors (Lipinski definition) is 3. The molecule has 2 heterocycles. The number of halogens is 2. The van der Waals surface area contributed by atoms with Crippen LogP contribution in [0.5, 0.6) is 0 Å². The van der Waals surface area contributed by atoms with Crippen LogP contribution in [0.3, 0.4) is 0 Å². The molecule has 1 aromatic carbocycles. The molecular formula is C14H14ClFN4O2. The molecule has 1 aliphatic heterocycles. The molecule has 1 aromatic heterocycles. The molecule has 0 saturated heterocycles. The number of nitrogens with one attached hydrogen (secondary N) is 1. The predicted octanol–water partition coefficient (Wildman–Crippen LogP) is 1.81. The van der Waals surface area contributed by atoms with E-state index in [0.717, 1.165) is 23.9 Å². The summed E-state index contributed by atoms with van der Waals surface area (Å²) in [4.78, 5) is 24.1. The lowest BCUT2D eigenvalue weighted by molar-refractivity contribution is -0.117. The van der Waals surface area contributed by atoms with Gasteiger partial charge in [0.2, 0.25) is 5.91 Å². The summed E-state index contributed by atoms with van der Waals surface area (Å²) in [6.07, 6.45) is 2.69. The molecule has 1 N–H and O–H groups in total. The number of benzene rings is 1. The van der Waals surface area contributed by atoms with E-state index >= 15 is 0 Å². The van der Waals surface area contributed by atoms with Crippen molar-refractivity contribution in [2.24, 2.45) is 0 Å². The summed E-state index contributed by atoms with van der Waals surface area (Å²) in [6.45, 7) is 0.456. The standard InChI is InChI=1S/C14H14ClFN4O2/c15-10-7-9(4-5-11(10)16)17-13(21)8-20-14(22)19-6-2-1-3-12(19)18-20/h4-5,7H,1-3,6,8H2,(H,17,21). The van der Waals surface area contributed by atoms with Gasteiger partial charge in [0.15, 0.2) is 0 Å². The maximum atomic E-state index is 13.1. The van der Waals surface area contributed by atoms with Gasteiger partial charge in [-0.3, -0.25) is 9.36 Å². The zero-order valence-corrected chi connectivity index (χ0v) is 12.4. The number of fused-ring (bicyclic) bond motifs is 1. The molecule has 8 heteroatoms. The van der Waals surface area contributed by atoms with Crippen molar-refractivity contribution in [1.29, 1.82) is 0 Å². The van der Waals surface area contributed by atoms with Crippen LogP contribution in [0.2, 0.25) is 5.02 Å². The van der Waals surface area contributed by atoms with Gasteiger partial charge in [-0.25, -0.2) is 13.9 Å². The minimum absolute atomic E-state index is 0.0765. The Balaban J connectivity index is 1.73. The Morgan fingerprint density at radius 3 is 2.95 bits per heavy atom. The quantitative estimate of drug-likeness (QED) is 0.936. The van der Waals surface area contributed by atoms with Crippen LogP contribution < -0.4 is 11.0 Å². The third kappa shape index (κ3) is 2.89. The number of nitrogens with zero attached hydrogens (tertiary/aromatic N) is 3. The van der Waals surface area contributed by atoms with Crippen LogP contribution in [0.4, 0.5) is 10.1 Å². The van der Waals surface area contributed by atoms with E-state index in [1.165, 1.54) is 18.2 Å². The van der Waals surface area contributed by atoms with E-state index in [2.05, 4.69) is 10.4 Å². The highest BCUT2D eigenvalue weighted by Gasteiger charge is 2.18. The number of carbonyl (C=O) groups excluding carboxylic acids is 1. The highest BCUT2D eigenvalue weighted by molar-refractivity contribution is 6.31. The van der Waals surface area contributed by atoms with Crippen molar-refractivity contribution in [3.63, 3.8) is 0 Å². The molecule has 3 rings (SSSR count). The van der Waals surface area contributed by atoms with Crippen LogP contribution in [0, 0.1) is 5.82 Å². The molecule has 1 aliphatic rings. The summed E-state index contributed by atoms with van der Waals surface area (Å²) in [5.74, 6) is -0.258. The second-order valence-corrected chi connectivity index (χ2v) is 5.55. The molecule has 0 bridgehead atoms. The Bertz CT molecular complexity index is 784. The van der Waals surface area contributed by atoms with Crippen LogP contribution in [-0.4, -0.2) is 20.3 Å². The second-order valence-electron chi connectivity index (χ2n) is 5.14. The lowest BCUT2D eigenvalue weighted by Gasteiger charge is -2.09. The molecule has 0 atom stereocenters. The number of aromatic nitrogens is 3. The van der Waals surface area contributed by atoms with Gasteiger partial charge in [-0.2, -0.15) is 5.10 Å². The van der Waals surface area contributed by atoms with Crippen molar-refractivity contribution in [3.05, 3.63) is 45.3 Å². The predicted molar refractivity (Wildman–Crippen MR) is 79.5 cm³/mol. The number of rotatable bonds is 3. The first-order valence-electron chi connectivity index (χ1n) is 6.96. The largest absolute Gasteiger partial charge is 0.346 e. The molecule has 116 valence electrons. The van der Waals surface area contributed by atoms with E-state index in [-0.39, 0.29) is 17.3 Å². The van der Waals surface area contributed by atoms with Gasteiger partial charge in [-0.15, -0.1) is 0 Å². The minimum atomic E-state index is -0.558. The maximum absolute atomic E-state index is 13.1. The molecule has 0 unspecified atom stereocenters. The summed E-state index contributed by atoms with van der Waals surface area (Å²) in [5.41, 5.74) is 0.0930. The van der Waals surface area contributed by atoms with Gasteiger partial charge in [-0.05, 0) is 31.0 Å². The highest BCUT2D eigenvalue weighted by Crippen LogP contribution is 2.19. The molecule has 22 heavy (non-hydrogen) atoms. The summed E-state index contributed by atoms with van der Waals surface area (Å²) in [6, 6.07) is 3.88. The summed E-state index contributed by atoms with van der Waals surface area (Å²) < 4.78 is 15.8. The second kappa shape index (κ2) is 5.92. The molecule has 6 nitrogen and oxygen atoms in total. The first-order valence-corrected chi connectivity index (χ1v) is 7.34. The highest BCUT2D eigenvalue weighted by atomic mass is 35.5. The number of carbonyl (C=O) groups is 1. The fourth-order valence-corrected chi connectivity index (χ4v) is 2.64. The first-order chi connectivity index (χ1) is 10.5. The monoisotopic (exact) mass is 324 g/mol. The van der Waals surface area contributed by atoms with E-state index < -0.39 is 11.7 Å². The summed E-state index contributed by atoms with van der Waals surface area (Å²) in [7, 11) is 0. The van der Waals surface area contributed by atoms with Gasteiger partial charge in [0.05, 0.1) is 5.02 Å². The molecule has 0 aliphatic carbocycles. The van der Waals surface area contributed by atoms with Crippen molar-refractivity contribution in [1.82, 2.24) is 14.3 Å². The average molecular weight is 325 g/mol. The molecule has 1 amide bonds. The number of amides is 1. The van der Waals surface area contributed by atoms with E-state index in [1.807, 2.05) is 0 Å². The van der Waals surface area contributed by atoms with Crippen molar-refractivity contribution in [2.75, 3.05) is 5.32 Å². The smallest absolute Gasteiger partial charge is 0.324 e. The Morgan fingerprint density at radius 1 is 1.41 bits per heavy atom. The molecular weight excluding hydrogens is 311 g/mol. The Morgan fingerprint density at radius 2 is 2.23 bits per heavy atom. The summed E-state index contributed by atoms with van der Waals surface area (Å²) in [5, 5.41) is 6.67. The van der Waals surface area contributed by atoms with Gasteiger partial charge in [0.25, 0.3) is 0 Å². The topological polar surface area (TPSA) is 68.9 Å². The molecule has 2 aromatic rings. The Kier molecular flexibility index (Phi) is 3.98. The van der Waals surface area contributed by atoms with Gasteiger partial charge in [-0.1, -0.05) is 11.6 Å². The third-order valence-corrected chi connectivity index (χ3v) is 3.82. The molecule has 0 fully saturated rings. The summed E-state index contributed by atoms with van der Waals surface area (Å²) >= 11 is 5.65. The lowest BCUT2D eigenvalue weighted by atomic mass is 10.2. The van der Waals surface area contributed by atoms with Gasteiger partial charge in [0.1, 0.15) is 18.2 Å². The zero-order chi connectivity index (χ0) is 15.7. The fourth-order valence-electron chi connectivity index (χ4n) is 2.46. The van der Waals surface area contributed by atoms with Gasteiger partial charge < -0.3 is 5.32 Å². The van der Waals surface area contributed by atoms with Crippen LogP contribution in [0.15, 0.2) is 23.0 Å². The zero-order valence-electron chi connectivity index (χ0n) is 11.7. The minimum Gasteiger partial charge on any atom is -0.324 e. The Labute approximate surface area is 130 Å². The van der Waals surface area contributed by atoms with E-state index in [0.29, 0.717) is 18.1 Å². The van der Waals surface area contributed by atoms with E-state index in [1.54, 1.807) is 4.57 Å². The van der Waals surface area contributed by atoms with Crippen molar-refractivity contribution in [2.45, 2.75) is 32.4 Å². The van der Waals surface area contributed by atoms with Crippen molar-refractivity contribution < 1.29 is 9.18 Å². The van der Waals surface area contributed by atoms with Crippen LogP contribution >= 0.6 is 11.6 Å². The lowest BCUT2D eigenvalue weighted by Crippen LogP contribution is -2.30. The van der Waals surface area contributed by atoms with E-state index in [4.69, 9.17) is 11.6 Å². The molecule has 0 saturated carbocycles. The van der Waals surface area contributed by atoms with Crippen LogP contribution in [0.25, 0.3) is 0 Å². The maximum Gasteiger partial charge on any atom is 0.346 e. The third-order valence-electron chi connectivity index (χ3n) is 3.53. The normalized spacial score (nSPS) is 13.7. The molecule has 0 spiro atoms. The SMILES string of the molecule is O=C(Cn1nc2n(c1=O)CCCC2)Nc1ccc(F)c(Cl)c1. The van der Waals surface area contributed by atoms with Crippen molar-refractivity contribution >= 4 is 23.2 Å². The van der Waals surface area contributed by atoms with Crippen molar-refractivity contribution in [3.8, 4) is 0 Å². The van der Waals surface area contributed by atoms with E-state index in [9.17, 15) is 14.0 Å². The fraction of sp³-hybridized carbons (Fsp3) is 0.357. The molecule has 0 radical (unpaired) electrons. The average Bonchev–Trinajstić information content (AvgIpc) is 2.80. The van der Waals surface area contributed by atoms with Gasteiger partial charge in [0, 0.05) is 18.7 Å². The van der Waals surface area contributed by atoms with Crippen LogP contribution in [0.1, 0.15) is 18.7 Å². The number of aryl methyl sites for hydroxylation is 1. The number of anilines is 1. The van der Waals surface area contributed by atoms with Crippen LogP contribution in [-0.2, 0) is 24.3 Å². The first kappa shape index (κ1) is 14.8. The Hall–Kier alpha value is -2.15. The number of hydrogen-bond donors (Lipinski definition) is 1. The van der Waals surface area contributed by atoms with Gasteiger partial charge >= 0.3 is 5.69 Å².